The van der Waals surface area contributed by atoms with E-state index in [1.165, 1.54) is 0 Å². The molecule has 24 heavy (non-hydrogen) atoms. The number of hydrogen-bond acceptors (Lipinski definition) is 4. The van der Waals surface area contributed by atoms with Crippen LogP contribution in [0.2, 0.25) is 0 Å². The van der Waals surface area contributed by atoms with Gasteiger partial charge in [-0.05, 0) is 18.6 Å². The van der Waals surface area contributed by atoms with E-state index in [2.05, 4.69) is 10.3 Å². The van der Waals surface area contributed by atoms with Crippen molar-refractivity contribution in [3.63, 3.8) is 0 Å². The standard InChI is InChI=1S/C18H24N2O4/c1-18(2,3)17(22)19-9-8-11-10-12-13(23-4)6-7-14(24-5)15(12)20-16(11)21/h6-7,10,12H,8-9H2,1-5H3,(H,19,22). The molecule has 2 rings (SSSR count). The zero-order chi connectivity index (χ0) is 17.9. The van der Waals surface area contributed by atoms with Crippen molar-refractivity contribution < 1.29 is 19.1 Å². The van der Waals surface area contributed by atoms with Gasteiger partial charge in [0.2, 0.25) is 5.91 Å². The second-order valence-electron chi connectivity index (χ2n) is 6.74. The minimum atomic E-state index is -0.455. The van der Waals surface area contributed by atoms with Gasteiger partial charge < -0.3 is 14.8 Å². The molecule has 0 bridgehead atoms. The SMILES string of the molecule is COC1=CC=C(OC)C2C=C(CCNC(=O)C(C)(C)C)C(=O)N=C12. The molecule has 1 aliphatic heterocycles. The van der Waals surface area contributed by atoms with Crippen LogP contribution in [0.1, 0.15) is 27.2 Å². The van der Waals surface area contributed by atoms with Gasteiger partial charge in [-0.25, -0.2) is 4.99 Å². The molecule has 0 saturated heterocycles. The normalized spacial score (nSPS) is 20.2. The number of rotatable bonds is 5. The number of ether oxygens (including phenoxy) is 2. The van der Waals surface area contributed by atoms with Crippen molar-refractivity contribution in [2.75, 3.05) is 20.8 Å². The summed E-state index contributed by atoms with van der Waals surface area (Å²) in [5, 5.41) is 2.85. The maximum absolute atomic E-state index is 12.3. The predicted octanol–water partition coefficient (Wildman–Crippen LogP) is 2.14. The number of aliphatic imine (C=N–C) groups is 1. The zero-order valence-corrected chi connectivity index (χ0v) is 14.8. The largest absolute Gasteiger partial charge is 0.500 e. The zero-order valence-electron chi connectivity index (χ0n) is 14.8. The summed E-state index contributed by atoms with van der Waals surface area (Å²) in [4.78, 5) is 28.3. The molecule has 0 spiro atoms. The van der Waals surface area contributed by atoms with Crippen molar-refractivity contribution in [2.24, 2.45) is 16.3 Å². The number of nitrogens with zero attached hydrogens (tertiary/aromatic N) is 1. The van der Waals surface area contributed by atoms with Crippen LogP contribution >= 0.6 is 0 Å². The second kappa shape index (κ2) is 7.03. The van der Waals surface area contributed by atoms with E-state index in [0.29, 0.717) is 35.8 Å². The third kappa shape index (κ3) is 3.75. The van der Waals surface area contributed by atoms with Crippen LogP contribution in [-0.2, 0) is 19.1 Å². The molecule has 0 radical (unpaired) electrons. The second-order valence-corrected chi connectivity index (χ2v) is 6.74. The fourth-order valence-electron chi connectivity index (χ4n) is 2.51. The van der Waals surface area contributed by atoms with Crippen molar-refractivity contribution in [2.45, 2.75) is 27.2 Å². The van der Waals surface area contributed by atoms with Crippen molar-refractivity contribution in [3.05, 3.63) is 35.3 Å². The molecule has 6 nitrogen and oxygen atoms in total. The minimum absolute atomic E-state index is 0.0460. The quantitative estimate of drug-likeness (QED) is 0.837. The molecule has 1 heterocycles. The van der Waals surface area contributed by atoms with Gasteiger partial charge in [0.15, 0.2) is 0 Å². The first-order valence-electron chi connectivity index (χ1n) is 7.90. The van der Waals surface area contributed by atoms with Gasteiger partial charge in [-0.2, -0.15) is 0 Å². The van der Waals surface area contributed by atoms with E-state index in [-0.39, 0.29) is 17.7 Å². The van der Waals surface area contributed by atoms with Gasteiger partial charge in [0.05, 0.1) is 20.1 Å². The summed E-state index contributed by atoms with van der Waals surface area (Å²) in [5.74, 6) is 0.687. The number of carbonyl (C=O) groups is 2. The van der Waals surface area contributed by atoms with Crippen molar-refractivity contribution >= 4 is 17.5 Å². The maximum atomic E-state index is 12.3. The van der Waals surface area contributed by atoms with Crippen LogP contribution in [0.25, 0.3) is 0 Å². The summed E-state index contributed by atoms with van der Waals surface area (Å²) in [5.41, 5.74) is 0.673. The van der Waals surface area contributed by atoms with Crippen molar-refractivity contribution in [1.29, 1.82) is 0 Å². The molecule has 6 heteroatoms. The van der Waals surface area contributed by atoms with E-state index >= 15 is 0 Å². The van der Waals surface area contributed by atoms with Crippen LogP contribution in [0.5, 0.6) is 0 Å². The average Bonchev–Trinajstić information content (AvgIpc) is 2.53. The number of amides is 2. The van der Waals surface area contributed by atoms with Gasteiger partial charge in [-0.3, -0.25) is 9.59 Å². The summed E-state index contributed by atoms with van der Waals surface area (Å²) in [7, 11) is 3.13. The Morgan fingerprint density at radius 3 is 2.54 bits per heavy atom. The molecular weight excluding hydrogens is 308 g/mol. The molecule has 1 unspecified atom stereocenters. The topological polar surface area (TPSA) is 77.0 Å². The number of allylic oxidation sites excluding steroid dienone is 4. The third-order valence-electron chi connectivity index (χ3n) is 3.93. The van der Waals surface area contributed by atoms with Crippen LogP contribution in [0.15, 0.2) is 40.3 Å². The highest BCUT2D eigenvalue weighted by Gasteiger charge is 2.32. The predicted molar refractivity (Wildman–Crippen MR) is 91.3 cm³/mol. The van der Waals surface area contributed by atoms with E-state index < -0.39 is 5.41 Å². The van der Waals surface area contributed by atoms with Crippen molar-refractivity contribution in [3.8, 4) is 0 Å². The molecular formula is C18H24N2O4. The molecule has 1 aliphatic carbocycles. The van der Waals surface area contributed by atoms with Gasteiger partial charge in [-0.15, -0.1) is 0 Å². The first kappa shape index (κ1) is 18.0. The Kier molecular flexibility index (Phi) is 5.26. The van der Waals surface area contributed by atoms with E-state index in [0.717, 1.165) is 0 Å². The van der Waals surface area contributed by atoms with Gasteiger partial charge in [0.1, 0.15) is 17.2 Å². The minimum Gasteiger partial charge on any atom is -0.500 e. The molecule has 1 N–H and O–H groups in total. The molecule has 2 amide bonds. The van der Waals surface area contributed by atoms with E-state index in [1.54, 1.807) is 20.3 Å². The Bertz CT molecular complexity index is 663. The van der Waals surface area contributed by atoms with Crippen LogP contribution in [-0.4, -0.2) is 38.3 Å². The molecule has 2 aliphatic rings. The Morgan fingerprint density at radius 1 is 1.25 bits per heavy atom. The first-order chi connectivity index (χ1) is 11.3. The van der Waals surface area contributed by atoms with Gasteiger partial charge in [0.25, 0.3) is 5.91 Å². The molecule has 130 valence electrons. The Hall–Kier alpha value is -2.37. The number of fused-ring (bicyclic) bond motifs is 1. The highest BCUT2D eigenvalue weighted by atomic mass is 16.5. The van der Waals surface area contributed by atoms with E-state index in [4.69, 9.17) is 9.47 Å². The van der Waals surface area contributed by atoms with E-state index in [1.807, 2.05) is 32.9 Å². The summed E-state index contributed by atoms with van der Waals surface area (Å²) >= 11 is 0. The monoisotopic (exact) mass is 332 g/mol. The lowest BCUT2D eigenvalue weighted by atomic mass is 9.89. The Morgan fingerprint density at radius 2 is 1.96 bits per heavy atom. The fourth-order valence-corrected chi connectivity index (χ4v) is 2.51. The highest BCUT2D eigenvalue weighted by molar-refractivity contribution is 6.15. The third-order valence-corrected chi connectivity index (χ3v) is 3.93. The lowest BCUT2D eigenvalue weighted by Gasteiger charge is -2.26. The van der Waals surface area contributed by atoms with Gasteiger partial charge in [0, 0.05) is 17.5 Å². The smallest absolute Gasteiger partial charge is 0.273 e. The van der Waals surface area contributed by atoms with E-state index in [9.17, 15) is 9.59 Å². The molecule has 0 aromatic heterocycles. The molecule has 0 aromatic rings. The fraction of sp³-hybridized carbons (Fsp3) is 0.500. The lowest BCUT2D eigenvalue weighted by molar-refractivity contribution is -0.128. The van der Waals surface area contributed by atoms with Crippen LogP contribution < -0.4 is 5.32 Å². The number of carbonyl (C=O) groups excluding carboxylic acids is 2. The van der Waals surface area contributed by atoms with Crippen LogP contribution in [0, 0.1) is 11.3 Å². The number of dihydropyridines is 1. The number of nitrogens with one attached hydrogen (secondary N) is 1. The summed E-state index contributed by atoms with van der Waals surface area (Å²) < 4.78 is 10.7. The Labute approximate surface area is 142 Å². The number of hydrogen-bond donors (Lipinski definition) is 1. The molecule has 0 aromatic carbocycles. The summed E-state index contributed by atoms with van der Waals surface area (Å²) in [6.45, 7) is 5.94. The molecule has 1 atom stereocenters. The summed E-state index contributed by atoms with van der Waals surface area (Å²) in [6.07, 6.45) is 5.82. The lowest BCUT2D eigenvalue weighted by Crippen LogP contribution is -2.36. The molecule has 0 saturated carbocycles. The maximum Gasteiger partial charge on any atom is 0.273 e. The van der Waals surface area contributed by atoms with Gasteiger partial charge >= 0.3 is 0 Å². The van der Waals surface area contributed by atoms with Crippen LogP contribution in [0.3, 0.4) is 0 Å². The van der Waals surface area contributed by atoms with Gasteiger partial charge in [-0.1, -0.05) is 26.8 Å². The Balaban J connectivity index is 2.10. The highest BCUT2D eigenvalue weighted by Crippen LogP contribution is 2.30. The first-order valence-corrected chi connectivity index (χ1v) is 7.90. The molecule has 0 fully saturated rings. The average molecular weight is 332 g/mol. The van der Waals surface area contributed by atoms with Crippen molar-refractivity contribution in [1.82, 2.24) is 5.32 Å². The van der Waals surface area contributed by atoms with Crippen LogP contribution in [0.4, 0.5) is 0 Å². The number of methoxy groups -OCH3 is 2. The summed E-state index contributed by atoms with van der Waals surface area (Å²) in [6, 6.07) is 0.